The van der Waals surface area contributed by atoms with Crippen LogP contribution in [0.3, 0.4) is 0 Å². The maximum Gasteiger partial charge on any atom is 0.306 e. The summed E-state index contributed by atoms with van der Waals surface area (Å²) in [7, 11) is 0. The summed E-state index contributed by atoms with van der Waals surface area (Å²) in [6.45, 7) is 3.33. The van der Waals surface area contributed by atoms with Crippen LogP contribution in [0.5, 0.6) is 0 Å². The Kier molecular flexibility index (Phi) is 4.02. The second-order valence-electron chi connectivity index (χ2n) is 7.60. The third kappa shape index (κ3) is 2.92. The predicted molar refractivity (Wildman–Crippen MR) is 95.8 cm³/mol. The number of likely N-dealkylation sites (tertiary alicyclic amines) is 1. The van der Waals surface area contributed by atoms with E-state index in [2.05, 4.69) is 11.9 Å². The summed E-state index contributed by atoms with van der Waals surface area (Å²) in [5.41, 5.74) is 4.51. The van der Waals surface area contributed by atoms with E-state index in [9.17, 15) is 9.59 Å². The molecule has 132 valence electrons. The number of hydrogen-bond donors (Lipinski definition) is 2. The van der Waals surface area contributed by atoms with Gasteiger partial charge in [-0.05, 0) is 61.8 Å². The van der Waals surface area contributed by atoms with Crippen molar-refractivity contribution in [1.29, 1.82) is 0 Å². The second kappa shape index (κ2) is 6.21. The van der Waals surface area contributed by atoms with Gasteiger partial charge in [0.25, 0.3) is 5.91 Å². The summed E-state index contributed by atoms with van der Waals surface area (Å²) in [5.74, 6) is -0.364. The number of hydrogen-bond acceptors (Lipinski definition) is 2. The lowest BCUT2D eigenvalue weighted by Crippen LogP contribution is -2.40. The standard InChI is InChI=1S/C20H24N2O3/c1-12-2-4-17-15(10-12)16-11-14(3-5-18(16)21-17)19(23)22-8-6-13(7-9-22)20(24)25/h3,5,11-13,21H,2,4,6-10H2,1H3,(H,24,25)/t12-/m0/s1. The molecule has 1 fully saturated rings. The fraction of sp³-hybridized carbons (Fsp3) is 0.500. The van der Waals surface area contributed by atoms with Gasteiger partial charge in [0.2, 0.25) is 0 Å². The minimum absolute atomic E-state index is 0.0181. The Morgan fingerprint density at radius 1 is 1.20 bits per heavy atom. The van der Waals surface area contributed by atoms with Gasteiger partial charge in [-0.1, -0.05) is 6.92 Å². The molecule has 0 radical (unpaired) electrons. The highest BCUT2D eigenvalue weighted by Crippen LogP contribution is 2.32. The van der Waals surface area contributed by atoms with Crippen molar-refractivity contribution in [1.82, 2.24) is 9.88 Å². The number of aryl methyl sites for hydroxylation is 1. The molecule has 0 spiro atoms. The normalized spacial score (nSPS) is 21.3. The first kappa shape index (κ1) is 16.2. The summed E-state index contributed by atoms with van der Waals surface area (Å²) < 4.78 is 0. The monoisotopic (exact) mass is 340 g/mol. The number of nitrogens with one attached hydrogen (secondary N) is 1. The molecule has 25 heavy (non-hydrogen) atoms. The molecular formula is C20H24N2O3. The Morgan fingerprint density at radius 3 is 2.68 bits per heavy atom. The molecule has 2 aliphatic rings. The molecule has 0 unspecified atom stereocenters. The maximum absolute atomic E-state index is 12.8. The number of rotatable bonds is 2. The fourth-order valence-corrected chi connectivity index (χ4v) is 4.24. The van der Waals surface area contributed by atoms with E-state index in [1.54, 1.807) is 4.90 Å². The summed E-state index contributed by atoms with van der Waals surface area (Å²) in [5, 5.41) is 10.3. The van der Waals surface area contributed by atoms with Crippen molar-refractivity contribution < 1.29 is 14.7 Å². The first-order valence-electron chi connectivity index (χ1n) is 9.18. The topological polar surface area (TPSA) is 73.4 Å². The lowest BCUT2D eigenvalue weighted by molar-refractivity contribution is -0.143. The number of aliphatic carboxylic acids is 1. The number of nitrogens with zero attached hydrogens (tertiary/aromatic N) is 1. The summed E-state index contributed by atoms with van der Waals surface area (Å²) in [6, 6.07) is 5.92. The molecule has 0 bridgehead atoms. The molecule has 1 amide bonds. The summed E-state index contributed by atoms with van der Waals surface area (Å²) in [6.07, 6.45) is 4.44. The summed E-state index contributed by atoms with van der Waals surface area (Å²) in [4.78, 5) is 29.2. The molecule has 1 aliphatic carbocycles. The molecule has 1 aromatic carbocycles. The van der Waals surface area contributed by atoms with Crippen molar-refractivity contribution in [2.24, 2.45) is 11.8 Å². The molecular weight excluding hydrogens is 316 g/mol. The molecule has 5 heteroatoms. The Hall–Kier alpha value is -2.30. The largest absolute Gasteiger partial charge is 0.481 e. The number of benzene rings is 1. The SMILES string of the molecule is C[C@H]1CCc2[nH]c3ccc(C(=O)N4CCC(C(=O)O)CC4)cc3c2C1. The number of amides is 1. The van der Waals surface area contributed by atoms with Crippen LogP contribution >= 0.6 is 0 Å². The van der Waals surface area contributed by atoms with Gasteiger partial charge >= 0.3 is 5.97 Å². The molecule has 1 atom stereocenters. The number of aromatic nitrogens is 1. The molecule has 4 rings (SSSR count). The van der Waals surface area contributed by atoms with E-state index in [1.807, 2.05) is 18.2 Å². The molecule has 1 saturated heterocycles. The number of carbonyl (C=O) groups is 2. The lowest BCUT2D eigenvalue weighted by atomic mass is 9.87. The number of carboxylic acid groups (broad SMARTS) is 1. The Bertz CT molecular complexity index is 831. The van der Waals surface area contributed by atoms with Gasteiger partial charge in [0.05, 0.1) is 5.92 Å². The van der Waals surface area contributed by atoms with Gasteiger partial charge in [-0.25, -0.2) is 0 Å². The van der Waals surface area contributed by atoms with Crippen molar-refractivity contribution in [2.45, 2.75) is 39.0 Å². The van der Waals surface area contributed by atoms with Crippen LogP contribution in [0.2, 0.25) is 0 Å². The number of H-pyrrole nitrogens is 1. The van der Waals surface area contributed by atoms with Crippen LogP contribution in [-0.4, -0.2) is 40.0 Å². The number of piperidine rings is 1. The van der Waals surface area contributed by atoms with E-state index in [0.29, 0.717) is 37.4 Å². The van der Waals surface area contributed by atoms with Gasteiger partial charge in [0.1, 0.15) is 0 Å². The van der Waals surface area contributed by atoms with Crippen molar-refractivity contribution in [3.8, 4) is 0 Å². The van der Waals surface area contributed by atoms with E-state index >= 15 is 0 Å². The zero-order chi connectivity index (χ0) is 17.6. The van der Waals surface area contributed by atoms with Crippen LogP contribution in [0.4, 0.5) is 0 Å². The van der Waals surface area contributed by atoms with E-state index < -0.39 is 5.97 Å². The van der Waals surface area contributed by atoms with Crippen LogP contribution < -0.4 is 0 Å². The molecule has 1 aliphatic heterocycles. The molecule has 1 aromatic heterocycles. The Balaban J connectivity index is 1.58. The highest BCUT2D eigenvalue weighted by Gasteiger charge is 2.28. The first-order chi connectivity index (χ1) is 12.0. The van der Waals surface area contributed by atoms with Crippen LogP contribution in [0.15, 0.2) is 18.2 Å². The minimum atomic E-state index is -0.749. The van der Waals surface area contributed by atoms with E-state index in [4.69, 9.17) is 5.11 Å². The molecule has 2 N–H and O–H groups in total. The third-order valence-corrected chi connectivity index (χ3v) is 5.81. The highest BCUT2D eigenvalue weighted by atomic mass is 16.4. The van der Waals surface area contributed by atoms with Crippen molar-refractivity contribution in [3.63, 3.8) is 0 Å². The zero-order valence-electron chi connectivity index (χ0n) is 14.5. The number of carboxylic acids is 1. The van der Waals surface area contributed by atoms with E-state index in [0.717, 1.165) is 18.4 Å². The molecule has 0 saturated carbocycles. The fourth-order valence-electron chi connectivity index (χ4n) is 4.24. The van der Waals surface area contributed by atoms with Crippen LogP contribution in [-0.2, 0) is 17.6 Å². The van der Waals surface area contributed by atoms with Gasteiger partial charge in [-0.3, -0.25) is 9.59 Å². The number of fused-ring (bicyclic) bond motifs is 3. The van der Waals surface area contributed by atoms with Gasteiger partial charge in [0.15, 0.2) is 0 Å². The van der Waals surface area contributed by atoms with Gasteiger partial charge in [0, 0.05) is 35.2 Å². The Morgan fingerprint density at radius 2 is 1.96 bits per heavy atom. The second-order valence-corrected chi connectivity index (χ2v) is 7.60. The third-order valence-electron chi connectivity index (χ3n) is 5.81. The number of aromatic amines is 1. The number of carbonyl (C=O) groups excluding carboxylic acids is 1. The molecule has 5 nitrogen and oxygen atoms in total. The maximum atomic E-state index is 12.8. The molecule has 2 aromatic rings. The average molecular weight is 340 g/mol. The van der Waals surface area contributed by atoms with Crippen molar-refractivity contribution in [2.75, 3.05) is 13.1 Å². The van der Waals surface area contributed by atoms with Gasteiger partial charge < -0.3 is 15.0 Å². The van der Waals surface area contributed by atoms with Gasteiger partial charge in [-0.2, -0.15) is 0 Å². The lowest BCUT2D eigenvalue weighted by Gasteiger charge is -2.30. The predicted octanol–water partition coefficient (Wildman–Crippen LogP) is 3.23. The average Bonchev–Trinajstić information content (AvgIpc) is 2.98. The van der Waals surface area contributed by atoms with Crippen LogP contribution in [0.25, 0.3) is 10.9 Å². The molecule has 2 heterocycles. The van der Waals surface area contributed by atoms with Gasteiger partial charge in [-0.15, -0.1) is 0 Å². The van der Waals surface area contributed by atoms with Crippen LogP contribution in [0.1, 0.15) is 47.8 Å². The van der Waals surface area contributed by atoms with Crippen LogP contribution in [0, 0.1) is 11.8 Å². The highest BCUT2D eigenvalue weighted by molar-refractivity contribution is 5.99. The minimum Gasteiger partial charge on any atom is -0.481 e. The van der Waals surface area contributed by atoms with Crippen molar-refractivity contribution in [3.05, 3.63) is 35.0 Å². The zero-order valence-corrected chi connectivity index (χ0v) is 14.5. The first-order valence-corrected chi connectivity index (χ1v) is 9.18. The smallest absolute Gasteiger partial charge is 0.306 e. The Labute approximate surface area is 147 Å². The van der Waals surface area contributed by atoms with E-state index in [-0.39, 0.29) is 11.8 Å². The quantitative estimate of drug-likeness (QED) is 0.881. The van der Waals surface area contributed by atoms with E-state index in [1.165, 1.54) is 23.1 Å². The summed E-state index contributed by atoms with van der Waals surface area (Å²) >= 11 is 0. The van der Waals surface area contributed by atoms with Crippen molar-refractivity contribution >= 4 is 22.8 Å².